The molecule has 0 aromatic heterocycles. The third-order valence-corrected chi connectivity index (χ3v) is 12.7. The molecule has 5 rings (SSSR count). The molecule has 0 heterocycles. The second-order valence-corrected chi connectivity index (χ2v) is 14.9. The summed E-state index contributed by atoms with van der Waals surface area (Å²) in [7, 11) is 0. The first-order valence-corrected chi connectivity index (χ1v) is 15.9. The summed E-state index contributed by atoms with van der Waals surface area (Å²) in [5, 5.41) is 23.5. The Kier molecular flexibility index (Phi) is 7.89. The summed E-state index contributed by atoms with van der Waals surface area (Å²) in [6.45, 7) is 12.4. The number of hydrogen-bond donors (Lipinski definition) is 0. The standard InChI is InChI=1S/C33H50N2O4/c1-21(2)8-6-9-22(3)27-14-15-28-26-13-12-24-20-23(16-18-32(24,4)29(26)17-19-33(27,28)5)25-10-7-11-30(34(36)37)31(25)35(38)39/h7,10-11,21-24,26-29H,6,8-9,12-20H2,1-5H3/t22-,23?,24?,26+,27-,28+,29+,32+,33-/m1/s1. The molecule has 4 saturated carbocycles. The van der Waals surface area contributed by atoms with Crippen LogP contribution in [0.1, 0.15) is 123 Å². The fraction of sp³-hybridized carbons (Fsp3) is 0.818. The fourth-order valence-corrected chi connectivity index (χ4v) is 10.8. The molecule has 4 aliphatic carbocycles. The van der Waals surface area contributed by atoms with E-state index in [4.69, 9.17) is 0 Å². The Morgan fingerprint density at radius 1 is 0.872 bits per heavy atom. The summed E-state index contributed by atoms with van der Waals surface area (Å²) in [4.78, 5) is 22.4. The lowest BCUT2D eigenvalue weighted by Crippen LogP contribution is -2.53. The molecule has 0 amide bonds. The largest absolute Gasteiger partial charge is 0.349 e. The molecule has 0 spiro atoms. The Morgan fingerprint density at radius 3 is 2.28 bits per heavy atom. The minimum Gasteiger partial charge on any atom is -0.258 e. The lowest BCUT2D eigenvalue weighted by molar-refractivity contribution is -0.423. The predicted molar refractivity (Wildman–Crippen MR) is 156 cm³/mol. The summed E-state index contributed by atoms with van der Waals surface area (Å²) in [6.07, 6.45) is 15.0. The Morgan fingerprint density at radius 2 is 1.59 bits per heavy atom. The second-order valence-electron chi connectivity index (χ2n) is 14.9. The molecule has 4 fully saturated rings. The molecule has 4 aliphatic rings. The van der Waals surface area contributed by atoms with Crippen LogP contribution in [0.5, 0.6) is 0 Å². The quantitative estimate of drug-likeness (QED) is 0.243. The van der Waals surface area contributed by atoms with Gasteiger partial charge in [-0.15, -0.1) is 0 Å². The summed E-state index contributed by atoms with van der Waals surface area (Å²) < 4.78 is 0. The van der Waals surface area contributed by atoms with Crippen molar-refractivity contribution in [3.05, 3.63) is 44.0 Å². The highest BCUT2D eigenvalue weighted by Gasteiger charge is 2.60. The van der Waals surface area contributed by atoms with Gasteiger partial charge in [-0.3, -0.25) is 20.2 Å². The van der Waals surface area contributed by atoms with E-state index < -0.39 is 9.85 Å². The smallest absolute Gasteiger partial charge is 0.258 e. The van der Waals surface area contributed by atoms with Crippen molar-refractivity contribution in [2.24, 2.45) is 52.3 Å². The van der Waals surface area contributed by atoms with Crippen molar-refractivity contribution in [3.63, 3.8) is 0 Å². The first-order chi connectivity index (χ1) is 18.5. The van der Waals surface area contributed by atoms with Gasteiger partial charge in [-0.1, -0.05) is 66.0 Å². The van der Waals surface area contributed by atoms with Crippen LogP contribution in [0.3, 0.4) is 0 Å². The molecule has 1 aromatic rings. The molecule has 0 radical (unpaired) electrons. The molecule has 6 heteroatoms. The number of nitrogens with zero attached hydrogens (tertiary/aromatic N) is 2. The van der Waals surface area contributed by atoms with E-state index in [1.165, 1.54) is 63.9 Å². The lowest BCUT2D eigenvalue weighted by atomic mass is 9.43. The molecule has 0 aliphatic heterocycles. The average molecular weight is 539 g/mol. The topological polar surface area (TPSA) is 86.3 Å². The number of fused-ring (bicyclic) bond motifs is 5. The van der Waals surface area contributed by atoms with Gasteiger partial charge in [0, 0.05) is 11.6 Å². The van der Waals surface area contributed by atoms with Crippen LogP contribution in [0.2, 0.25) is 0 Å². The molecule has 39 heavy (non-hydrogen) atoms. The van der Waals surface area contributed by atoms with Crippen LogP contribution in [0.15, 0.2) is 18.2 Å². The van der Waals surface area contributed by atoms with E-state index >= 15 is 0 Å². The van der Waals surface area contributed by atoms with Crippen molar-refractivity contribution in [1.29, 1.82) is 0 Å². The molecule has 6 nitrogen and oxygen atoms in total. The normalized spacial score (nSPS) is 38.5. The zero-order chi connectivity index (χ0) is 28.1. The summed E-state index contributed by atoms with van der Waals surface area (Å²) >= 11 is 0. The number of rotatable bonds is 8. The third-order valence-electron chi connectivity index (χ3n) is 12.7. The fourth-order valence-electron chi connectivity index (χ4n) is 10.8. The SMILES string of the molecule is CC(C)CCC[C@@H](C)[C@H]1CC[C@H]2[C@@H]3CCC4CC(c5cccc([N+](=O)[O-])c5[N+](=O)[O-])CC[C@]4(C)[C@H]3CC[C@]12C. The van der Waals surface area contributed by atoms with Crippen LogP contribution in [-0.4, -0.2) is 9.85 Å². The van der Waals surface area contributed by atoms with Crippen molar-refractivity contribution in [2.45, 2.75) is 118 Å². The van der Waals surface area contributed by atoms with E-state index in [1.54, 1.807) is 12.1 Å². The Labute approximate surface area is 235 Å². The molecule has 1 aromatic carbocycles. The van der Waals surface area contributed by atoms with E-state index in [-0.39, 0.29) is 22.7 Å². The van der Waals surface area contributed by atoms with E-state index in [2.05, 4.69) is 34.6 Å². The number of hydrogen-bond acceptors (Lipinski definition) is 4. The number of benzene rings is 1. The van der Waals surface area contributed by atoms with Crippen molar-refractivity contribution in [3.8, 4) is 0 Å². The molecular formula is C33H50N2O4. The van der Waals surface area contributed by atoms with Gasteiger partial charge in [0.15, 0.2) is 0 Å². The zero-order valence-electron chi connectivity index (χ0n) is 24.9. The maximum absolute atomic E-state index is 11.9. The molecule has 0 bridgehead atoms. The van der Waals surface area contributed by atoms with Crippen LogP contribution in [0.4, 0.5) is 11.4 Å². The Bertz CT molecular complexity index is 1090. The van der Waals surface area contributed by atoms with E-state index in [1.807, 2.05) is 0 Å². The molecule has 2 unspecified atom stereocenters. The van der Waals surface area contributed by atoms with Gasteiger partial charge in [0.1, 0.15) is 0 Å². The summed E-state index contributed by atoms with van der Waals surface area (Å²) in [5.41, 5.74) is 0.715. The van der Waals surface area contributed by atoms with E-state index in [0.29, 0.717) is 16.9 Å². The number of nitro benzene ring substituents is 2. The van der Waals surface area contributed by atoms with Gasteiger partial charge in [0.2, 0.25) is 0 Å². The number of nitro groups is 2. The van der Waals surface area contributed by atoms with E-state index in [0.717, 1.165) is 54.8 Å². The number of para-hydroxylation sites is 1. The summed E-state index contributed by atoms with van der Waals surface area (Å²) in [5.74, 6) is 5.50. The van der Waals surface area contributed by atoms with Crippen molar-refractivity contribution in [1.82, 2.24) is 0 Å². The van der Waals surface area contributed by atoms with Crippen LogP contribution < -0.4 is 0 Å². The zero-order valence-corrected chi connectivity index (χ0v) is 24.9. The molecule has 9 atom stereocenters. The lowest BCUT2D eigenvalue weighted by Gasteiger charge is -2.61. The predicted octanol–water partition coefficient (Wildman–Crippen LogP) is 9.71. The van der Waals surface area contributed by atoms with Gasteiger partial charge in [0.05, 0.1) is 9.85 Å². The summed E-state index contributed by atoms with van der Waals surface area (Å²) in [6, 6.07) is 4.68. The Hall–Kier alpha value is -1.98. The van der Waals surface area contributed by atoms with Gasteiger partial charge in [-0.05, 0) is 116 Å². The third kappa shape index (κ3) is 4.92. The highest BCUT2D eigenvalue weighted by atomic mass is 16.6. The highest BCUT2D eigenvalue weighted by molar-refractivity contribution is 5.59. The van der Waals surface area contributed by atoms with E-state index in [9.17, 15) is 20.2 Å². The monoisotopic (exact) mass is 538 g/mol. The molecular weight excluding hydrogens is 488 g/mol. The Balaban J connectivity index is 1.31. The molecule has 0 saturated heterocycles. The minimum absolute atomic E-state index is 0.0383. The molecule has 216 valence electrons. The first-order valence-electron chi connectivity index (χ1n) is 15.9. The maximum Gasteiger partial charge on any atom is 0.349 e. The second kappa shape index (κ2) is 10.8. The minimum atomic E-state index is -0.598. The van der Waals surface area contributed by atoms with Crippen molar-refractivity contribution < 1.29 is 9.85 Å². The molecule has 0 N–H and O–H groups in total. The van der Waals surface area contributed by atoms with Crippen molar-refractivity contribution in [2.75, 3.05) is 0 Å². The van der Waals surface area contributed by atoms with Crippen LogP contribution in [0.25, 0.3) is 0 Å². The van der Waals surface area contributed by atoms with Crippen molar-refractivity contribution >= 4 is 11.4 Å². The van der Waals surface area contributed by atoms with Gasteiger partial charge in [0.25, 0.3) is 0 Å². The highest BCUT2D eigenvalue weighted by Crippen LogP contribution is 2.69. The van der Waals surface area contributed by atoms with Gasteiger partial charge >= 0.3 is 11.4 Å². The van der Waals surface area contributed by atoms with Crippen LogP contribution in [-0.2, 0) is 0 Å². The first kappa shape index (κ1) is 28.5. The van der Waals surface area contributed by atoms with Crippen LogP contribution in [0, 0.1) is 72.5 Å². The van der Waals surface area contributed by atoms with Gasteiger partial charge in [-0.25, -0.2) is 0 Å². The average Bonchev–Trinajstić information content (AvgIpc) is 3.24. The van der Waals surface area contributed by atoms with Gasteiger partial charge in [-0.2, -0.15) is 0 Å². The van der Waals surface area contributed by atoms with Crippen LogP contribution >= 0.6 is 0 Å². The van der Waals surface area contributed by atoms with Gasteiger partial charge < -0.3 is 0 Å². The maximum atomic E-state index is 11.9.